The lowest BCUT2D eigenvalue weighted by atomic mass is 9.62. The molecule has 124 valence electrons. The Bertz CT molecular complexity index is 823. The molecule has 0 fully saturated rings. The van der Waals surface area contributed by atoms with Crippen LogP contribution in [0.2, 0.25) is 0 Å². The van der Waals surface area contributed by atoms with Gasteiger partial charge in [-0.05, 0) is 48.5 Å². The van der Waals surface area contributed by atoms with Crippen molar-refractivity contribution in [3.05, 3.63) is 64.7 Å². The highest BCUT2D eigenvalue weighted by Crippen LogP contribution is 2.56. The molecule has 0 radical (unpaired) electrons. The van der Waals surface area contributed by atoms with Gasteiger partial charge in [0, 0.05) is 18.2 Å². The summed E-state index contributed by atoms with van der Waals surface area (Å²) in [6.07, 6.45) is 1.02. The standard InChI is InChI=1S/C22H25NO/c1-14-10-15(2)12-17(11-14)21-19(13-22(21,4)5)18-8-6-7-9-20(18)23-16(3)24/h6-12H,13H2,1-5H3,(H,23,24). The molecule has 1 aliphatic rings. The third-order valence-corrected chi connectivity index (χ3v) is 4.67. The summed E-state index contributed by atoms with van der Waals surface area (Å²) >= 11 is 0. The molecule has 2 aromatic carbocycles. The first kappa shape index (κ1) is 16.5. The summed E-state index contributed by atoms with van der Waals surface area (Å²) in [6.45, 7) is 10.4. The summed E-state index contributed by atoms with van der Waals surface area (Å²) in [7, 11) is 0. The second kappa shape index (κ2) is 5.94. The van der Waals surface area contributed by atoms with E-state index in [0.29, 0.717) is 0 Å². The van der Waals surface area contributed by atoms with Crippen molar-refractivity contribution < 1.29 is 4.79 Å². The van der Waals surface area contributed by atoms with E-state index >= 15 is 0 Å². The van der Waals surface area contributed by atoms with Crippen LogP contribution in [0.4, 0.5) is 5.69 Å². The van der Waals surface area contributed by atoms with Gasteiger partial charge in [0.1, 0.15) is 0 Å². The van der Waals surface area contributed by atoms with Crippen LogP contribution < -0.4 is 5.32 Å². The molecule has 0 saturated heterocycles. The quantitative estimate of drug-likeness (QED) is 0.783. The number of hydrogen-bond acceptors (Lipinski definition) is 1. The van der Waals surface area contributed by atoms with E-state index in [0.717, 1.165) is 17.7 Å². The Labute approximate surface area is 144 Å². The van der Waals surface area contributed by atoms with Gasteiger partial charge in [-0.25, -0.2) is 0 Å². The van der Waals surface area contributed by atoms with Crippen molar-refractivity contribution in [2.24, 2.45) is 5.41 Å². The molecule has 0 aromatic heterocycles. The van der Waals surface area contributed by atoms with Crippen LogP contribution in [0, 0.1) is 19.3 Å². The van der Waals surface area contributed by atoms with Crippen molar-refractivity contribution in [2.45, 2.75) is 41.0 Å². The van der Waals surface area contributed by atoms with E-state index in [2.05, 4.69) is 57.3 Å². The number of rotatable bonds is 3. The van der Waals surface area contributed by atoms with Crippen LogP contribution in [-0.4, -0.2) is 5.91 Å². The first-order valence-corrected chi connectivity index (χ1v) is 8.47. The van der Waals surface area contributed by atoms with Crippen LogP contribution in [-0.2, 0) is 4.79 Å². The molecule has 1 aliphatic carbocycles. The number of nitrogens with one attached hydrogen (secondary N) is 1. The van der Waals surface area contributed by atoms with Crippen LogP contribution in [0.1, 0.15) is 49.4 Å². The second-order valence-electron chi connectivity index (χ2n) is 7.52. The fraction of sp³-hybridized carbons (Fsp3) is 0.318. The van der Waals surface area contributed by atoms with Crippen LogP contribution >= 0.6 is 0 Å². The van der Waals surface area contributed by atoms with E-state index in [1.54, 1.807) is 6.92 Å². The lowest BCUT2D eigenvalue weighted by Gasteiger charge is -2.42. The smallest absolute Gasteiger partial charge is 0.221 e. The fourth-order valence-electron chi connectivity index (χ4n) is 3.88. The Kier molecular flexibility index (Phi) is 4.08. The zero-order valence-corrected chi connectivity index (χ0v) is 15.2. The third kappa shape index (κ3) is 3.01. The van der Waals surface area contributed by atoms with E-state index < -0.39 is 0 Å². The normalized spacial score (nSPS) is 15.9. The molecule has 2 aromatic rings. The van der Waals surface area contributed by atoms with Crippen molar-refractivity contribution in [2.75, 3.05) is 5.32 Å². The molecule has 1 N–H and O–H groups in total. The number of anilines is 1. The van der Waals surface area contributed by atoms with Crippen LogP contribution in [0.25, 0.3) is 11.1 Å². The van der Waals surface area contributed by atoms with E-state index in [1.165, 1.54) is 27.8 Å². The molecule has 0 bridgehead atoms. The number of aryl methyl sites for hydroxylation is 2. The van der Waals surface area contributed by atoms with Gasteiger partial charge in [-0.1, -0.05) is 61.4 Å². The Hall–Kier alpha value is -2.35. The number of para-hydroxylation sites is 1. The monoisotopic (exact) mass is 319 g/mol. The molecule has 3 rings (SSSR count). The zero-order valence-electron chi connectivity index (χ0n) is 15.2. The molecule has 0 heterocycles. The molecule has 0 unspecified atom stereocenters. The Morgan fingerprint density at radius 2 is 1.67 bits per heavy atom. The molecule has 0 atom stereocenters. The van der Waals surface area contributed by atoms with Crippen LogP contribution in [0.15, 0.2) is 42.5 Å². The van der Waals surface area contributed by atoms with Gasteiger partial charge >= 0.3 is 0 Å². The number of benzene rings is 2. The first-order valence-electron chi connectivity index (χ1n) is 8.47. The summed E-state index contributed by atoms with van der Waals surface area (Å²) in [5.41, 5.74) is 8.81. The lowest BCUT2D eigenvalue weighted by Crippen LogP contribution is -2.26. The number of allylic oxidation sites excluding steroid dienone is 2. The lowest BCUT2D eigenvalue weighted by molar-refractivity contribution is -0.114. The Morgan fingerprint density at radius 1 is 1.04 bits per heavy atom. The van der Waals surface area contributed by atoms with E-state index in [-0.39, 0.29) is 11.3 Å². The van der Waals surface area contributed by atoms with Gasteiger partial charge in [0.25, 0.3) is 0 Å². The summed E-state index contributed by atoms with van der Waals surface area (Å²) < 4.78 is 0. The molecule has 24 heavy (non-hydrogen) atoms. The minimum Gasteiger partial charge on any atom is -0.326 e. The number of carbonyl (C=O) groups is 1. The van der Waals surface area contributed by atoms with Crippen LogP contribution in [0.5, 0.6) is 0 Å². The van der Waals surface area contributed by atoms with Crippen molar-refractivity contribution in [1.29, 1.82) is 0 Å². The van der Waals surface area contributed by atoms with E-state index in [9.17, 15) is 4.79 Å². The molecule has 2 heteroatoms. The van der Waals surface area contributed by atoms with E-state index in [1.807, 2.05) is 18.2 Å². The van der Waals surface area contributed by atoms with E-state index in [4.69, 9.17) is 0 Å². The number of carbonyl (C=O) groups excluding carboxylic acids is 1. The highest BCUT2D eigenvalue weighted by molar-refractivity contribution is 6.04. The van der Waals surface area contributed by atoms with Gasteiger partial charge in [0.05, 0.1) is 0 Å². The first-order chi connectivity index (χ1) is 11.3. The van der Waals surface area contributed by atoms with Crippen molar-refractivity contribution in [3.8, 4) is 0 Å². The molecular weight excluding hydrogens is 294 g/mol. The van der Waals surface area contributed by atoms with Crippen molar-refractivity contribution in [3.63, 3.8) is 0 Å². The fourth-order valence-corrected chi connectivity index (χ4v) is 3.88. The Morgan fingerprint density at radius 3 is 2.25 bits per heavy atom. The van der Waals surface area contributed by atoms with Crippen molar-refractivity contribution in [1.82, 2.24) is 0 Å². The van der Waals surface area contributed by atoms with Gasteiger partial charge < -0.3 is 5.32 Å². The summed E-state index contributed by atoms with van der Waals surface area (Å²) in [4.78, 5) is 11.5. The van der Waals surface area contributed by atoms with Gasteiger partial charge in [-0.2, -0.15) is 0 Å². The van der Waals surface area contributed by atoms with Crippen molar-refractivity contribution >= 4 is 22.7 Å². The van der Waals surface area contributed by atoms with Gasteiger partial charge in [-0.3, -0.25) is 4.79 Å². The minimum atomic E-state index is -0.0328. The Balaban J connectivity index is 2.17. The van der Waals surface area contributed by atoms with Gasteiger partial charge in [0.15, 0.2) is 0 Å². The maximum atomic E-state index is 11.5. The molecule has 0 aliphatic heterocycles. The number of hydrogen-bond donors (Lipinski definition) is 1. The average molecular weight is 319 g/mol. The molecule has 0 spiro atoms. The molecule has 1 amide bonds. The molecular formula is C22H25NO. The maximum Gasteiger partial charge on any atom is 0.221 e. The number of amides is 1. The average Bonchev–Trinajstić information content (AvgIpc) is 2.44. The predicted molar refractivity (Wildman–Crippen MR) is 102 cm³/mol. The molecule has 0 saturated carbocycles. The van der Waals surface area contributed by atoms with Gasteiger partial charge in [0.2, 0.25) is 5.91 Å². The molecule has 2 nitrogen and oxygen atoms in total. The second-order valence-corrected chi connectivity index (χ2v) is 7.52. The SMILES string of the molecule is CC(=O)Nc1ccccc1C1=C(c2cc(C)cc(C)c2)C(C)(C)C1. The maximum absolute atomic E-state index is 11.5. The van der Waals surface area contributed by atoms with Gasteiger partial charge in [-0.15, -0.1) is 0 Å². The summed E-state index contributed by atoms with van der Waals surface area (Å²) in [6, 6.07) is 14.8. The highest BCUT2D eigenvalue weighted by atomic mass is 16.1. The minimum absolute atomic E-state index is 0.0328. The predicted octanol–water partition coefficient (Wildman–Crippen LogP) is 5.60. The zero-order chi connectivity index (χ0) is 17.5. The summed E-state index contributed by atoms with van der Waals surface area (Å²) in [5, 5.41) is 2.97. The van der Waals surface area contributed by atoms with Crippen LogP contribution in [0.3, 0.4) is 0 Å². The summed E-state index contributed by atoms with van der Waals surface area (Å²) in [5.74, 6) is -0.0328. The highest BCUT2D eigenvalue weighted by Gasteiger charge is 2.38. The topological polar surface area (TPSA) is 29.1 Å². The largest absolute Gasteiger partial charge is 0.326 e. The third-order valence-electron chi connectivity index (χ3n) is 4.67.